The molecule has 0 atom stereocenters. The molecular weight excluding hydrogens is 311 g/mol. The van der Waals surface area contributed by atoms with Crippen molar-refractivity contribution in [1.29, 1.82) is 0 Å². The van der Waals surface area contributed by atoms with Crippen LogP contribution in [0.5, 0.6) is 17.2 Å². The van der Waals surface area contributed by atoms with E-state index in [9.17, 15) is 14.3 Å². The number of carbonyl (C=O) groups excluding carboxylic acids is 1. The minimum absolute atomic E-state index is 0.0776. The van der Waals surface area contributed by atoms with Crippen LogP contribution >= 0.6 is 0 Å². The largest absolute Gasteiger partial charge is 0.504 e. The second kappa shape index (κ2) is 7.64. The lowest BCUT2D eigenvalue weighted by atomic mass is 10.0. The quantitative estimate of drug-likeness (QED) is 0.631. The number of halogens is 1. The van der Waals surface area contributed by atoms with Gasteiger partial charge in [0.2, 0.25) is 0 Å². The third-order valence-electron chi connectivity index (χ3n) is 3.66. The number of benzene rings is 2. The first kappa shape index (κ1) is 17.5. The lowest BCUT2D eigenvalue weighted by Gasteiger charge is -2.11. The van der Waals surface area contributed by atoms with Gasteiger partial charge in [0.05, 0.1) is 12.7 Å². The summed E-state index contributed by atoms with van der Waals surface area (Å²) >= 11 is 0. The molecule has 24 heavy (non-hydrogen) atoms. The summed E-state index contributed by atoms with van der Waals surface area (Å²) in [6.45, 7) is 4.10. The normalized spacial score (nSPS) is 11.2. The highest BCUT2D eigenvalue weighted by atomic mass is 19.1. The van der Waals surface area contributed by atoms with E-state index >= 15 is 0 Å². The summed E-state index contributed by atoms with van der Waals surface area (Å²) in [5.74, 6) is -0.435. The molecule has 0 aliphatic rings. The van der Waals surface area contributed by atoms with Gasteiger partial charge in [-0.05, 0) is 54.8 Å². The Labute approximate surface area is 140 Å². The van der Waals surface area contributed by atoms with E-state index in [0.717, 1.165) is 5.57 Å². The number of phenols is 1. The van der Waals surface area contributed by atoms with Gasteiger partial charge in [0.1, 0.15) is 6.61 Å². The number of aromatic hydroxyl groups is 1. The number of phenolic OH excluding ortho intramolecular Hbond substituents is 1. The molecule has 0 saturated heterocycles. The van der Waals surface area contributed by atoms with Crippen molar-refractivity contribution in [3.05, 3.63) is 53.4 Å². The lowest BCUT2D eigenvalue weighted by Crippen LogP contribution is -2.00. The van der Waals surface area contributed by atoms with E-state index < -0.39 is 5.82 Å². The van der Waals surface area contributed by atoms with Crippen molar-refractivity contribution in [2.24, 2.45) is 0 Å². The standard InChI is InChI=1S/C19H19FO4/c1-4-12(2)11-24-17-6-5-13(8-16(17)20)14-7-15(10-21)19(22)18(9-14)23-3/h4-10,22H,11H2,1-3H3/b12-4+. The molecule has 0 saturated carbocycles. The summed E-state index contributed by atoms with van der Waals surface area (Å²) in [6.07, 6.45) is 2.42. The second-order valence-electron chi connectivity index (χ2n) is 5.30. The molecular formula is C19H19FO4. The number of aldehydes is 1. The van der Waals surface area contributed by atoms with Crippen LogP contribution < -0.4 is 9.47 Å². The summed E-state index contributed by atoms with van der Waals surface area (Å²) in [7, 11) is 1.38. The number of hydrogen-bond donors (Lipinski definition) is 1. The van der Waals surface area contributed by atoms with Crippen molar-refractivity contribution in [2.45, 2.75) is 13.8 Å². The first-order valence-electron chi connectivity index (χ1n) is 7.40. The number of allylic oxidation sites excluding steroid dienone is 1. The number of methoxy groups -OCH3 is 1. The summed E-state index contributed by atoms with van der Waals surface area (Å²) < 4.78 is 24.7. The summed E-state index contributed by atoms with van der Waals surface area (Å²) in [5, 5.41) is 9.85. The highest BCUT2D eigenvalue weighted by molar-refractivity contribution is 5.85. The third-order valence-corrected chi connectivity index (χ3v) is 3.66. The predicted octanol–water partition coefficient (Wildman–Crippen LogP) is 4.36. The van der Waals surface area contributed by atoms with Crippen molar-refractivity contribution in [3.8, 4) is 28.4 Å². The number of hydrogen-bond acceptors (Lipinski definition) is 4. The Morgan fingerprint density at radius 1 is 1.21 bits per heavy atom. The van der Waals surface area contributed by atoms with E-state index in [1.54, 1.807) is 12.1 Å². The van der Waals surface area contributed by atoms with Gasteiger partial charge in [0.15, 0.2) is 29.4 Å². The Kier molecular flexibility index (Phi) is 5.58. The van der Waals surface area contributed by atoms with Gasteiger partial charge in [0, 0.05) is 0 Å². The molecule has 5 heteroatoms. The smallest absolute Gasteiger partial charge is 0.168 e. The van der Waals surface area contributed by atoms with Gasteiger partial charge in [-0.3, -0.25) is 4.79 Å². The van der Waals surface area contributed by atoms with Crippen LogP contribution in [0, 0.1) is 5.82 Å². The van der Waals surface area contributed by atoms with Crippen molar-refractivity contribution >= 4 is 6.29 Å². The average Bonchev–Trinajstić information content (AvgIpc) is 2.60. The van der Waals surface area contributed by atoms with Crippen LogP contribution in [0.2, 0.25) is 0 Å². The van der Waals surface area contributed by atoms with E-state index in [2.05, 4.69) is 0 Å². The van der Waals surface area contributed by atoms with Gasteiger partial charge in [-0.2, -0.15) is 0 Å². The molecule has 0 radical (unpaired) electrons. The molecule has 2 aromatic rings. The van der Waals surface area contributed by atoms with E-state index in [0.29, 0.717) is 24.0 Å². The fourth-order valence-electron chi connectivity index (χ4n) is 2.11. The van der Waals surface area contributed by atoms with Crippen molar-refractivity contribution in [3.63, 3.8) is 0 Å². The van der Waals surface area contributed by atoms with Crippen molar-refractivity contribution in [2.75, 3.05) is 13.7 Å². The topological polar surface area (TPSA) is 55.8 Å². The maximum Gasteiger partial charge on any atom is 0.168 e. The lowest BCUT2D eigenvalue weighted by molar-refractivity contribution is 0.112. The molecule has 0 amide bonds. The molecule has 0 fully saturated rings. The van der Waals surface area contributed by atoms with Crippen LogP contribution in [0.1, 0.15) is 24.2 Å². The first-order valence-corrected chi connectivity index (χ1v) is 7.40. The van der Waals surface area contributed by atoms with Gasteiger partial charge < -0.3 is 14.6 Å². The molecule has 0 bridgehead atoms. The van der Waals surface area contributed by atoms with Gasteiger partial charge in [0.25, 0.3) is 0 Å². The van der Waals surface area contributed by atoms with Gasteiger partial charge in [-0.15, -0.1) is 0 Å². The van der Waals surface area contributed by atoms with Crippen molar-refractivity contribution < 1.29 is 23.8 Å². The fourth-order valence-corrected chi connectivity index (χ4v) is 2.11. The summed E-state index contributed by atoms with van der Waals surface area (Å²) in [4.78, 5) is 11.1. The van der Waals surface area contributed by atoms with E-state index in [-0.39, 0.29) is 22.8 Å². The van der Waals surface area contributed by atoms with Crippen LogP contribution in [-0.2, 0) is 0 Å². The molecule has 0 spiro atoms. The average molecular weight is 330 g/mol. The SMILES string of the molecule is C/C=C(\C)COc1ccc(-c2cc(C=O)c(O)c(OC)c2)cc1F. The van der Waals surface area contributed by atoms with Gasteiger partial charge in [-0.25, -0.2) is 4.39 Å². The molecule has 4 nitrogen and oxygen atoms in total. The molecule has 2 rings (SSSR count). The van der Waals surface area contributed by atoms with Gasteiger partial charge >= 0.3 is 0 Å². The Hall–Kier alpha value is -2.82. The van der Waals surface area contributed by atoms with E-state index in [1.165, 1.54) is 25.3 Å². The molecule has 0 aliphatic heterocycles. The molecule has 0 aliphatic carbocycles. The minimum Gasteiger partial charge on any atom is -0.504 e. The highest BCUT2D eigenvalue weighted by Gasteiger charge is 2.13. The number of carbonyl (C=O) groups is 1. The monoisotopic (exact) mass is 330 g/mol. The van der Waals surface area contributed by atoms with E-state index in [1.807, 2.05) is 19.9 Å². The first-order chi connectivity index (χ1) is 11.5. The van der Waals surface area contributed by atoms with Gasteiger partial charge in [-0.1, -0.05) is 12.1 Å². The van der Waals surface area contributed by atoms with Crippen LogP contribution in [0.15, 0.2) is 42.0 Å². The molecule has 2 aromatic carbocycles. The minimum atomic E-state index is -0.504. The third kappa shape index (κ3) is 3.74. The molecule has 0 aromatic heterocycles. The highest BCUT2D eigenvalue weighted by Crippen LogP contribution is 2.35. The Bertz CT molecular complexity index is 781. The molecule has 0 heterocycles. The van der Waals surface area contributed by atoms with Crippen molar-refractivity contribution in [1.82, 2.24) is 0 Å². The zero-order valence-corrected chi connectivity index (χ0v) is 13.8. The predicted molar refractivity (Wildman–Crippen MR) is 90.4 cm³/mol. The van der Waals surface area contributed by atoms with E-state index in [4.69, 9.17) is 9.47 Å². The maximum atomic E-state index is 14.2. The number of ether oxygens (including phenoxy) is 2. The summed E-state index contributed by atoms with van der Waals surface area (Å²) in [5.41, 5.74) is 2.18. The van der Waals surface area contributed by atoms with Crippen LogP contribution in [0.25, 0.3) is 11.1 Å². The Balaban J connectivity index is 2.36. The van der Waals surface area contributed by atoms with Crippen LogP contribution in [0.3, 0.4) is 0 Å². The second-order valence-corrected chi connectivity index (χ2v) is 5.30. The molecule has 0 unspecified atom stereocenters. The fraction of sp³-hybridized carbons (Fsp3) is 0.211. The summed E-state index contributed by atoms with van der Waals surface area (Å²) in [6, 6.07) is 7.56. The molecule has 126 valence electrons. The maximum absolute atomic E-state index is 14.2. The Morgan fingerprint density at radius 3 is 2.54 bits per heavy atom. The zero-order valence-electron chi connectivity index (χ0n) is 13.8. The molecule has 1 N–H and O–H groups in total. The number of rotatable bonds is 6. The zero-order chi connectivity index (χ0) is 17.7. The van der Waals surface area contributed by atoms with Crippen LogP contribution in [0.4, 0.5) is 4.39 Å². The van der Waals surface area contributed by atoms with Crippen LogP contribution in [-0.4, -0.2) is 25.1 Å². The Morgan fingerprint density at radius 2 is 1.96 bits per heavy atom.